The third-order valence-electron chi connectivity index (χ3n) is 4.09. The quantitative estimate of drug-likeness (QED) is 0.839. The van der Waals surface area contributed by atoms with Gasteiger partial charge in [-0.3, -0.25) is 0 Å². The van der Waals surface area contributed by atoms with Crippen LogP contribution in [0.25, 0.3) is 6.08 Å². The van der Waals surface area contributed by atoms with Crippen LogP contribution in [-0.4, -0.2) is 34.1 Å². The molecular weight excluding hydrogens is 242 g/mol. The first-order valence-corrected chi connectivity index (χ1v) is 6.70. The van der Waals surface area contributed by atoms with E-state index in [1.54, 1.807) is 12.4 Å². The first kappa shape index (κ1) is 12.1. The van der Waals surface area contributed by atoms with Crippen molar-refractivity contribution in [1.82, 2.24) is 9.97 Å². The molecule has 1 saturated carbocycles. The van der Waals surface area contributed by atoms with Gasteiger partial charge in [0.25, 0.3) is 0 Å². The number of hydrogen-bond acceptors (Lipinski definition) is 4. The third kappa shape index (κ3) is 2.59. The van der Waals surface area contributed by atoms with Crippen LogP contribution in [0.1, 0.15) is 24.8 Å². The van der Waals surface area contributed by atoms with Crippen molar-refractivity contribution in [1.29, 1.82) is 0 Å². The molecule has 2 atom stereocenters. The highest BCUT2D eigenvalue weighted by Gasteiger charge is 2.36. The molecule has 2 aliphatic rings. The van der Waals surface area contributed by atoms with E-state index in [2.05, 4.69) is 14.9 Å². The van der Waals surface area contributed by atoms with E-state index >= 15 is 0 Å². The first-order valence-electron chi connectivity index (χ1n) is 6.70. The summed E-state index contributed by atoms with van der Waals surface area (Å²) in [5.74, 6) is 1.43. The Morgan fingerprint density at radius 3 is 2.47 bits per heavy atom. The number of aromatic nitrogens is 2. The molecule has 1 aliphatic heterocycles. The minimum Gasteiger partial charge on any atom is -0.478 e. The van der Waals surface area contributed by atoms with Crippen LogP contribution >= 0.6 is 0 Å². The van der Waals surface area contributed by atoms with Gasteiger partial charge in [0.1, 0.15) is 0 Å². The van der Waals surface area contributed by atoms with Crippen molar-refractivity contribution in [3.63, 3.8) is 0 Å². The number of carbonyl (C=O) groups is 1. The predicted molar refractivity (Wildman–Crippen MR) is 71.7 cm³/mol. The van der Waals surface area contributed by atoms with Crippen LogP contribution in [0.2, 0.25) is 0 Å². The normalized spacial score (nSPS) is 26.0. The Labute approximate surface area is 112 Å². The van der Waals surface area contributed by atoms with E-state index in [0.717, 1.165) is 36.9 Å². The molecule has 1 aromatic heterocycles. The average molecular weight is 259 g/mol. The predicted octanol–water partition coefficient (Wildman–Crippen LogP) is 1.81. The van der Waals surface area contributed by atoms with Crippen molar-refractivity contribution in [2.24, 2.45) is 11.8 Å². The largest absolute Gasteiger partial charge is 0.478 e. The second kappa shape index (κ2) is 4.99. The zero-order chi connectivity index (χ0) is 13.2. The summed E-state index contributed by atoms with van der Waals surface area (Å²) >= 11 is 0. The van der Waals surface area contributed by atoms with Gasteiger partial charge in [0.2, 0.25) is 5.95 Å². The van der Waals surface area contributed by atoms with Crippen LogP contribution in [0.15, 0.2) is 18.5 Å². The molecule has 2 unspecified atom stereocenters. The van der Waals surface area contributed by atoms with Gasteiger partial charge in [-0.2, -0.15) is 0 Å². The molecule has 0 amide bonds. The van der Waals surface area contributed by atoms with E-state index in [1.165, 1.54) is 25.3 Å². The number of nitrogens with zero attached hydrogens (tertiary/aromatic N) is 3. The molecule has 0 aromatic carbocycles. The Bertz CT molecular complexity index is 486. The SMILES string of the molecule is O=C(O)/C=C/c1cnc(N2CC3CCCC3C2)nc1. The lowest BCUT2D eigenvalue weighted by molar-refractivity contribution is -0.131. The standard InChI is InChI=1S/C14H17N3O2/c18-13(19)5-4-10-6-15-14(16-7-10)17-8-11-2-1-3-12(11)9-17/h4-7,11-12H,1-3,8-9H2,(H,18,19)/b5-4+. The molecule has 5 heteroatoms. The zero-order valence-electron chi connectivity index (χ0n) is 10.7. The van der Waals surface area contributed by atoms with Gasteiger partial charge in [-0.25, -0.2) is 14.8 Å². The molecule has 1 N–H and O–H groups in total. The summed E-state index contributed by atoms with van der Waals surface area (Å²) in [4.78, 5) is 21.3. The molecule has 0 radical (unpaired) electrons. The fraction of sp³-hybridized carbons (Fsp3) is 0.500. The highest BCUT2D eigenvalue weighted by atomic mass is 16.4. The zero-order valence-corrected chi connectivity index (χ0v) is 10.7. The molecule has 0 spiro atoms. The second-order valence-electron chi connectivity index (χ2n) is 5.34. The first-order chi connectivity index (χ1) is 9.22. The number of carboxylic acid groups (broad SMARTS) is 1. The molecule has 5 nitrogen and oxygen atoms in total. The summed E-state index contributed by atoms with van der Waals surface area (Å²) in [6.45, 7) is 2.13. The van der Waals surface area contributed by atoms with Crippen molar-refractivity contribution < 1.29 is 9.90 Å². The Morgan fingerprint density at radius 1 is 1.26 bits per heavy atom. The van der Waals surface area contributed by atoms with E-state index < -0.39 is 5.97 Å². The second-order valence-corrected chi connectivity index (χ2v) is 5.34. The Balaban J connectivity index is 1.68. The molecular formula is C14H17N3O2. The van der Waals surface area contributed by atoms with Gasteiger partial charge in [-0.05, 0) is 30.8 Å². The molecule has 1 aliphatic carbocycles. The monoisotopic (exact) mass is 259 g/mol. The minimum atomic E-state index is -0.962. The van der Waals surface area contributed by atoms with Crippen LogP contribution in [-0.2, 0) is 4.79 Å². The maximum atomic E-state index is 10.4. The van der Waals surface area contributed by atoms with Crippen molar-refractivity contribution in [3.8, 4) is 0 Å². The number of rotatable bonds is 3. The molecule has 19 heavy (non-hydrogen) atoms. The number of aliphatic carboxylic acids is 1. The average Bonchev–Trinajstić information content (AvgIpc) is 2.97. The van der Waals surface area contributed by atoms with E-state index in [4.69, 9.17) is 5.11 Å². The summed E-state index contributed by atoms with van der Waals surface area (Å²) in [6, 6.07) is 0. The molecule has 1 aromatic rings. The van der Waals surface area contributed by atoms with Gasteiger partial charge < -0.3 is 10.0 Å². The van der Waals surface area contributed by atoms with Crippen molar-refractivity contribution in [2.45, 2.75) is 19.3 Å². The van der Waals surface area contributed by atoms with Crippen LogP contribution < -0.4 is 4.90 Å². The van der Waals surface area contributed by atoms with E-state index in [1.807, 2.05) is 0 Å². The number of carboxylic acids is 1. The summed E-state index contributed by atoms with van der Waals surface area (Å²) in [5, 5.41) is 8.56. The fourth-order valence-corrected chi connectivity index (χ4v) is 3.15. The van der Waals surface area contributed by atoms with Crippen LogP contribution in [0, 0.1) is 11.8 Å². The van der Waals surface area contributed by atoms with Crippen molar-refractivity contribution in [2.75, 3.05) is 18.0 Å². The topological polar surface area (TPSA) is 66.3 Å². The summed E-state index contributed by atoms with van der Waals surface area (Å²) in [7, 11) is 0. The summed E-state index contributed by atoms with van der Waals surface area (Å²) in [5.41, 5.74) is 0.713. The lowest BCUT2D eigenvalue weighted by Crippen LogP contribution is -2.22. The molecule has 2 fully saturated rings. The maximum absolute atomic E-state index is 10.4. The molecule has 2 heterocycles. The highest BCUT2D eigenvalue weighted by Crippen LogP contribution is 2.38. The Kier molecular flexibility index (Phi) is 3.19. The molecule has 3 rings (SSSR count). The minimum absolute atomic E-state index is 0.713. The van der Waals surface area contributed by atoms with Gasteiger partial charge in [-0.1, -0.05) is 6.42 Å². The molecule has 100 valence electrons. The lowest BCUT2D eigenvalue weighted by atomic mass is 10.0. The highest BCUT2D eigenvalue weighted by molar-refractivity contribution is 5.85. The van der Waals surface area contributed by atoms with Gasteiger partial charge in [0.15, 0.2) is 0 Å². The van der Waals surface area contributed by atoms with E-state index in [9.17, 15) is 4.79 Å². The van der Waals surface area contributed by atoms with Gasteiger partial charge in [0.05, 0.1) is 0 Å². The number of anilines is 1. The van der Waals surface area contributed by atoms with Crippen molar-refractivity contribution >= 4 is 18.0 Å². The Hall–Kier alpha value is -1.91. The lowest BCUT2D eigenvalue weighted by Gasteiger charge is -2.16. The van der Waals surface area contributed by atoms with E-state index in [-0.39, 0.29) is 0 Å². The smallest absolute Gasteiger partial charge is 0.328 e. The van der Waals surface area contributed by atoms with Crippen molar-refractivity contribution in [3.05, 3.63) is 24.0 Å². The van der Waals surface area contributed by atoms with Crippen LogP contribution in [0.5, 0.6) is 0 Å². The third-order valence-corrected chi connectivity index (χ3v) is 4.09. The van der Waals surface area contributed by atoms with E-state index in [0.29, 0.717) is 5.56 Å². The van der Waals surface area contributed by atoms with Crippen LogP contribution in [0.3, 0.4) is 0 Å². The van der Waals surface area contributed by atoms with Crippen LogP contribution in [0.4, 0.5) is 5.95 Å². The Morgan fingerprint density at radius 2 is 1.89 bits per heavy atom. The molecule has 1 saturated heterocycles. The number of fused-ring (bicyclic) bond motifs is 1. The summed E-state index contributed by atoms with van der Waals surface area (Å²) < 4.78 is 0. The van der Waals surface area contributed by atoms with Gasteiger partial charge in [0, 0.05) is 37.1 Å². The summed E-state index contributed by atoms with van der Waals surface area (Å²) in [6.07, 6.45) is 9.99. The molecule has 0 bridgehead atoms. The fourth-order valence-electron chi connectivity index (χ4n) is 3.15. The van der Waals surface area contributed by atoms with Gasteiger partial charge >= 0.3 is 5.97 Å². The number of hydrogen-bond donors (Lipinski definition) is 1. The maximum Gasteiger partial charge on any atom is 0.328 e. The van der Waals surface area contributed by atoms with Gasteiger partial charge in [-0.15, -0.1) is 0 Å².